The molecule has 10 heteroatoms. The number of para-hydroxylation sites is 1. The predicted octanol–water partition coefficient (Wildman–Crippen LogP) is 1.99. The largest absolute Gasteiger partial charge is 0.305 e. The molecule has 2 heterocycles. The van der Waals surface area contributed by atoms with Crippen molar-refractivity contribution in [3.05, 3.63) is 58.3 Å². The molecule has 3 rings (SSSR count). The van der Waals surface area contributed by atoms with Crippen LogP contribution in [-0.2, 0) is 0 Å². The second-order valence-electron chi connectivity index (χ2n) is 4.20. The van der Waals surface area contributed by atoms with Crippen molar-refractivity contribution in [3.63, 3.8) is 0 Å². The molecule has 0 amide bonds. The molecule has 3 aromatic rings. The van der Waals surface area contributed by atoms with Gasteiger partial charge in [0, 0.05) is 6.07 Å². The number of hydrogen-bond donors (Lipinski definition) is 0. The molecule has 0 fully saturated rings. The van der Waals surface area contributed by atoms with Gasteiger partial charge < -0.3 is 0 Å². The second kappa shape index (κ2) is 6.20. The van der Waals surface area contributed by atoms with Gasteiger partial charge in [-0.1, -0.05) is 18.2 Å². The van der Waals surface area contributed by atoms with Crippen LogP contribution in [0, 0.1) is 21.4 Å². The maximum atomic E-state index is 10.8. The van der Waals surface area contributed by atoms with Crippen LogP contribution < -0.4 is 0 Å². The SMILES string of the molecule is N#Cc1nc(Sc2nnnn2-c2ccccc2)ccc1[N+](=O)[O-]. The molecular formula is C13H7N7O2S. The summed E-state index contributed by atoms with van der Waals surface area (Å²) in [5.41, 5.74) is 0.181. The first kappa shape index (κ1) is 14.6. The number of aromatic nitrogens is 5. The van der Waals surface area contributed by atoms with Crippen LogP contribution in [0.25, 0.3) is 5.69 Å². The average Bonchev–Trinajstić information content (AvgIpc) is 3.03. The number of nitrogens with zero attached hydrogens (tertiary/aromatic N) is 7. The highest BCUT2D eigenvalue weighted by Crippen LogP contribution is 2.27. The van der Waals surface area contributed by atoms with Gasteiger partial charge in [0.2, 0.25) is 10.9 Å². The zero-order chi connectivity index (χ0) is 16.2. The van der Waals surface area contributed by atoms with Gasteiger partial charge in [-0.25, -0.2) is 4.98 Å². The number of hydrogen-bond acceptors (Lipinski definition) is 8. The van der Waals surface area contributed by atoms with E-state index in [1.54, 1.807) is 6.07 Å². The summed E-state index contributed by atoms with van der Waals surface area (Å²) in [6, 6.07) is 13.7. The highest BCUT2D eigenvalue weighted by molar-refractivity contribution is 7.99. The van der Waals surface area contributed by atoms with Gasteiger partial charge in [-0.05, 0) is 40.4 Å². The molecule has 0 aliphatic carbocycles. The zero-order valence-corrected chi connectivity index (χ0v) is 12.2. The molecule has 112 valence electrons. The standard InChI is InChI=1S/C13H7N7O2S/c14-8-10-11(20(21)22)6-7-12(15-10)23-13-16-17-18-19(13)9-4-2-1-3-5-9/h1-7H. The summed E-state index contributed by atoms with van der Waals surface area (Å²) in [5.74, 6) is 0. The van der Waals surface area contributed by atoms with Gasteiger partial charge in [-0.2, -0.15) is 9.94 Å². The first-order valence-corrected chi connectivity index (χ1v) is 7.08. The van der Waals surface area contributed by atoms with Gasteiger partial charge in [-0.15, -0.1) is 5.10 Å². The summed E-state index contributed by atoms with van der Waals surface area (Å²) in [6.07, 6.45) is 0. The summed E-state index contributed by atoms with van der Waals surface area (Å²) in [5, 5.41) is 32.1. The van der Waals surface area contributed by atoms with Crippen molar-refractivity contribution < 1.29 is 4.92 Å². The van der Waals surface area contributed by atoms with Crippen molar-refractivity contribution in [2.24, 2.45) is 0 Å². The molecule has 0 aliphatic rings. The third kappa shape index (κ3) is 2.99. The average molecular weight is 325 g/mol. The lowest BCUT2D eigenvalue weighted by Crippen LogP contribution is -1.99. The number of tetrazole rings is 1. The van der Waals surface area contributed by atoms with Gasteiger partial charge in [0.15, 0.2) is 0 Å². The molecule has 0 unspecified atom stereocenters. The fourth-order valence-electron chi connectivity index (χ4n) is 1.79. The normalized spacial score (nSPS) is 10.2. The highest BCUT2D eigenvalue weighted by Gasteiger charge is 2.17. The quantitative estimate of drug-likeness (QED) is 0.527. The molecule has 0 bridgehead atoms. The minimum Gasteiger partial charge on any atom is -0.258 e. The fourth-order valence-corrected chi connectivity index (χ4v) is 2.55. The van der Waals surface area contributed by atoms with Crippen molar-refractivity contribution >= 4 is 17.4 Å². The molecule has 0 atom stereocenters. The maximum absolute atomic E-state index is 10.8. The Balaban J connectivity index is 1.94. The second-order valence-corrected chi connectivity index (χ2v) is 5.18. The molecule has 0 radical (unpaired) electrons. The van der Waals surface area contributed by atoms with E-state index in [0.717, 1.165) is 17.4 Å². The van der Waals surface area contributed by atoms with E-state index in [9.17, 15) is 10.1 Å². The number of nitro groups is 1. The fraction of sp³-hybridized carbons (Fsp3) is 0. The molecule has 0 N–H and O–H groups in total. The minimum atomic E-state index is -0.645. The number of pyridine rings is 1. The van der Waals surface area contributed by atoms with E-state index in [2.05, 4.69) is 20.5 Å². The number of nitriles is 1. The van der Waals surface area contributed by atoms with E-state index in [1.807, 2.05) is 30.3 Å². The highest BCUT2D eigenvalue weighted by atomic mass is 32.2. The molecule has 9 nitrogen and oxygen atoms in total. The summed E-state index contributed by atoms with van der Waals surface area (Å²) in [4.78, 5) is 14.1. The van der Waals surface area contributed by atoms with Gasteiger partial charge in [0.05, 0.1) is 10.6 Å². The Labute approximate surface area is 133 Å². The van der Waals surface area contributed by atoms with Gasteiger partial charge in [-0.3, -0.25) is 10.1 Å². The summed E-state index contributed by atoms with van der Waals surface area (Å²) >= 11 is 1.11. The Hall–Kier alpha value is -3.32. The van der Waals surface area contributed by atoms with Crippen molar-refractivity contribution in [2.75, 3.05) is 0 Å². The lowest BCUT2D eigenvalue weighted by Gasteiger charge is -2.03. The topological polar surface area (TPSA) is 123 Å². The van der Waals surface area contributed by atoms with E-state index in [0.29, 0.717) is 10.2 Å². The molecular weight excluding hydrogens is 318 g/mol. The van der Waals surface area contributed by atoms with Crippen LogP contribution in [-0.4, -0.2) is 30.1 Å². The van der Waals surface area contributed by atoms with Crippen LogP contribution in [0.1, 0.15) is 5.69 Å². The number of rotatable bonds is 4. The Morgan fingerprint density at radius 1 is 1.22 bits per heavy atom. The van der Waals surface area contributed by atoms with Crippen LogP contribution in [0.2, 0.25) is 0 Å². The molecule has 0 spiro atoms. The van der Waals surface area contributed by atoms with Crippen LogP contribution in [0.4, 0.5) is 5.69 Å². The van der Waals surface area contributed by atoms with Crippen molar-refractivity contribution in [2.45, 2.75) is 10.2 Å². The van der Waals surface area contributed by atoms with Crippen molar-refractivity contribution in [1.29, 1.82) is 5.26 Å². The van der Waals surface area contributed by atoms with E-state index < -0.39 is 4.92 Å². The Morgan fingerprint density at radius 3 is 2.70 bits per heavy atom. The van der Waals surface area contributed by atoms with Crippen LogP contribution in [0.15, 0.2) is 52.6 Å². The van der Waals surface area contributed by atoms with E-state index in [-0.39, 0.29) is 11.4 Å². The first-order valence-electron chi connectivity index (χ1n) is 6.26. The molecule has 0 aliphatic heterocycles. The van der Waals surface area contributed by atoms with Crippen LogP contribution in [0.3, 0.4) is 0 Å². The molecule has 1 aromatic carbocycles. The van der Waals surface area contributed by atoms with Gasteiger partial charge in [0.1, 0.15) is 11.1 Å². The molecule has 2 aromatic heterocycles. The van der Waals surface area contributed by atoms with Gasteiger partial charge in [0.25, 0.3) is 0 Å². The molecule has 0 saturated carbocycles. The smallest absolute Gasteiger partial charge is 0.258 e. The summed E-state index contributed by atoms with van der Waals surface area (Å²) in [6.45, 7) is 0. The number of benzene rings is 1. The Kier molecular flexibility index (Phi) is 3.94. The van der Waals surface area contributed by atoms with E-state index in [4.69, 9.17) is 5.26 Å². The third-order valence-corrected chi connectivity index (χ3v) is 3.66. The van der Waals surface area contributed by atoms with E-state index >= 15 is 0 Å². The van der Waals surface area contributed by atoms with Gasteiger partial charge >= 0.3 is 5.69 Å². The Morgan fingerprint density at radius 2 is 2.00 bits per heavy atom. The predicted molar refractivity (Wildman–Crippen MR) is 78.9 cm³/mol. The third-order valence-electron chi connectivity index (χ3n) is 2.79. The van der Waals surface area contributed by atoms with Crippen molar-refractivity contribution in [3.8, 4) is 11.8 Å². The maximum Gasteiger partial charge on any atom is 0.305 e. The lowest BCUT2D eigenvalue weighted by atomic mass is 10.3. The minimum absolute atomic E-state index is 0.251. The molecule has 23 heavy (non-hydrogen) atoms. The van der Waals surface area contributed by atoms with Crippen LogP contribution >= 0.6 is 11.8 Å². The molecule has 0 saturated heterocycles. The van der Waals surface area contributed by atoms with E-state index in [1.165, 1.54) is 16.8 Å². The lowest BCUT2D eigenvalue weighted by molar-refractivity contribution is -0.385. The Bertz CT molecular complexity index is 904. The van der Waals surface area contributed by atoms with Crippen molar-refractivity contribution in [1.82, 2.24) is 25.2 Å². The van der Waals surface area contributed by atoms with Crippen LogP contribution in [0.5, 0.6) is 0 Å². The summed E-state index contributed by atoms with van der Waals surface area (Å²) < 4.78 is 1.51. The monoisotopic (exact) mass is 325 g/mol. The first-order chi connectivity index (χ1) is 11.2. The summed E-state index contributed by atoms with van der Waals surface area (Å²) in [7, 11) is 0. The zero-order valence-electron chi connectivity index (χ0n) is 11.4.